The lowest BCUT2D eigenvalue weighted by Gasteiger charge is -2.11. The fourth-order valence-corrected chi connectivity index (χ4v) is 4.90. The molecule has 3 N–H and O–H groups in total. The zero-order valence-electron chi connectivity index (χ0n) is 23.4. The second-order valence-electron chi connectivity index (χ2n) is 9.40. The van der Waals surface area contributed by atoms with E-state index in [0.29, 0.717) is 22.6 Å². The standard InChI is InChI=1S/C28H27F2N7O4S2/c1-17(19-8-12-21(13-9-19)42(3,38)39)34-36-25-16-26(33-28(32-25)31-24-7-5-6-23(29)27(24)30)37-35-18(2)20-10-14-22(15-11-20)43(4,40)41/h5-16H,1-4H3,(H3,31,32,33,36,37). The Morgan fingerprint density at radius 2 is 1.14 bits per heavy atom. The first-order valence-corrected chi connectivity index (χ1v) is 16.3. The van der Waals surface area contributed by atoms with E-state index in [1.54, 1.807) is 38.1 Å². The van der Waals surface area contributed by atoms with Crippen LogP contribution in [0.25, 0.3) is 0 Å². The van der Waals surface area contributed by atoms with Crippen molar-refractivity contribution in [3.63, 3.8) is 0 Å². The van der Waals surface area contributed by atoms with Crippen molar-refractivity contribution in [3.8, 4) is 0 Å². The number of nitrogens with one attached hydrogen (secondary N) is 3. The number of rotatable bonds is 10. The molecule has 0 unspecified atom stereocenters. The maximum atomic E-state index is 14.3. The Hall–Kier alpha value is -4.76. The van der Waals surface area contributed by atoms with Gasteiger partial charge in [-0.3, -0.25) is 10.9 Å². The lowest BCUT2D eigenvalue weighted by atomic mass is 10.1. The maximum Gasteiger partial charge on any atom is 0.231 e. The molecule has 0 saturated carbocycles. The normalized spacial score (nSPS) is 12.6. The van der Waals surface area contributed by atoms with Crippen LogP contribution in [0, 0.1) is 11.6 Å². The van der Waals surface area contributed by atoms with Crippen molar-refractivity contribution < 1.29 is 25.6 Å². The minimum absolute atomic E-state index is 0.104. The Kier molecular flexibility index (Phi) is 9.16. The van der Waals surface area contributed by atoms with Crippen LogP contribution in [0.4, 0.5) is 32.1 Å². The number of halogens is 2. The van der Waals surface area contributed by atoms with Crippen LogP contribution in [0.3, 0.4) is 0 Å². The predicted molar refractivity (Wildman–Crippen MR) is 162 cm³/mol. The van der Waals surface area contributed by atoms with Crippen LogP contribution in [0.1, 0.15) is 25.0 Å². The van der Waals surface area contributed by atoms with Gasteiger partial charge in [-0.1, -0.05) is 30.3 Å². The fraction of sp³-hybridized carbons (Fsp3) is 0.143. The van der Waals surface area contributed by atoms with Crippen molar-refractivity contribution in [2.24, 2.45) is 10.2 Å². The number of hydrazone groups is 2. The second kappa shape index (κ2) is 12.6. The minimum atomic E-state index is -3.35. The number of anilines is 4. The predicted octanol–water partition coefficient (Wildman–Crippen LogP) is 4.98. The molecular weight excluding hydrogens is 600 g/mol. The molecule has 0 atom stereocenters. The number of aromatic nitrogens is 2. The molecule has 15 heteroatoms. The molecule has 0 spiro atoms. The van der Waals surface area contributed by atoms with E-state index in [0.717, 1.165) is 18.6 Å². The molecule has 1 aromatic heterocycles. The van der Waals surface area contributed by atoms with Crippen molar-refractivity contribution in [2.75, 3.05) is 28.7 Å². The van der Waals surface area contributed by atoms with Gasteiger partial charge in [0.2, 0.25) is 5.95 Å². The Labute approximate surface area is 247 Å². The number of hydrogen-bond donors (Lipinski definition) is 3. The average Bonchev–Trinajstić information content (AvgIpc) is 2.96. The van der Waals surface area contributed by atoms with E-state index in [2.05, 4.69) is 36.3 Å². The highest BCUT2D eigenvalue weighted by molar-refractivity contribution is 7.91. The molecule has 4 rings (SSSR count). The van der Waals surface area contributed by atoms with E-state index >= 15 is 0 Å². The van der Waals surface area contributed by atoms with Crippen LogP contribution in [-0.4, -0.2) is 50.7 Å². The van der Waals surface area contributed by atoms with Crippen LogP contribution >= 0.6 is 0 Å². The topological polar surface area (TPSA) is 155 Å². The van der Waals surface area contributed by atoms with Gasteiger partial charge in [-0.15, -0.1) is 0 Å². The zero-order valence-corrected chi connectivity index (χ0v) is 25.1. The molecule has 0 aliphatic rings. The quantitative estimate of drug-likeness (QED) is 0.163. The van der Waals surface area contributed by atoms with Gasteiger partial charge in [-0.2, -0.15) is 20.2 Å². The Morgan fingerprint density at radius 3 is 1.56 bits per heavy atom. The summed E-state index contributed by atoms with van der Waals surface area (Å²) in [4.78, 5) is 8.89. The SMILES string of the molecule is CC(=NNc1cc(NN=C(C)c2ccc(S(C)(=O)=O)cc2)nc(Nc2cccc(F)c2F)n1)c1ccc(S(C)(=O)=O)cc1. The van der Waals surface area contributed by atoms with Gasteiger partial charge in [0.15, 0.2) is 42.9 Å². The summed E-state index contributed by atoms with van der Waals surface area (Å²) in [5, 5.41) is 11.2. The van der Waals surface area contributed by atoms with Crippen molar-refractivity contribution in [2.45, 2.75) is 23.6 Å². The fourth-order valence-electron chi connectivity index (χ4n) is 3.64. The Morgan fingerprint density at radius 1 is 0.698 bits per heavy atom. The van der Waals surface area contributed by atoms with Gasteiger partial charge in [0.1, 0.15) is 0 Å². The molecule has 0 saturated heterocycles. The highest BCUT2D eigenvalue weighted by atomic mass is 32.2. The molecule has 0 amide bonds. The van der Waals surface area contributed by atoms with E-state index in [1.165, 1.54) is 42.5 Å². The highest BCUT2D eigenvalue weighted by Crippen LogP contribution is 2.23. The van der Waals surface area contributed by atoms with Crippen LogP contribution in [-0.2, 0) is 19.7 Å². The van der Waals surface area contributed by atoms with Gasteiger partial charge in [0.25, 0.3) is 0 Å². The van der Waals surface area contributed by atoms with Crippen molar-refractivity contribution >= 4 is 54.4 Å². The third kappa shape index (κ3) is 8.17. The Balaban J connectivity index is 1.62. The van der Waals surface area contributed by atoms with Gasteiger partial charge < -0.3 is 5.32 Å². The van der Waals surface area contributed by atoms with E-state index < -0.39 is 31.3 Å². The van der Waals surface area contributed by atoms with Crippen molar-refractivity contribution in [3.05, 3.63) is 95.6 Å². The average molecular weight is 628 g/mol. The first-order chi connectivity index (χ1) is 20.2. The summed E-state index contributed by atoms with van der Waals surface area (Å²) in [6, 6.07) is 17.4. The molecule has 43 heavy (non-hydrogen) atoms. The second-order valence-corrected chi connectivity index (χ2v) is 13.4. The summed E-state index contributed by atoms with van der Waals surface area (Å²) in [5.41, 5.74) is 7.68. The van der Waals surface area contributed by atoms with E-state index in [1.807, 2.05) is 0 Å². The molecule has 1 heterocycles. The summed E-state index contributed by atoms with van der Waals surface area (Å²) in [6.07, 6.45) is 2.24. The molecule has 224 valence electrons. The summed E-state index contributed by atoms with van der Waals surface area (Å²) in [7, 11) is -6.70. The van der Waals surface area contributed by atoms with Gasteiger partial charge in [-0.05, 0) is 61.4 Å². The van der Waals surface area contributed by atoms with E-state index in [-0.39, 0.29) is 33.1 Å². The summed E-state index contributed by atoms with van der Waals surface area (Å²) in [5.74, 6) is -1.95. The monoisotopic (exact) mass is 627 g/mol. The molecule has 4 aromatic rings. The minimum Gasteiger partial charge on any atom is -0.321 e. The number of sulfone groups is 2. The molecular formula is C28H27F2N7O4S2. The number of nitrogens with zero attached hydrogens (tertiary/aromatic N) is 4. The smallest absolute Gasteiger partial charge is 0.231 e. The number of hydrogen-bond acceptors (Lipinski definition) is 11. The van der Waals surface area contributed by atoms with Gasteiger partial charge >= 0.3 is 0 Å². The van der Waals surface area contributed by atoms with Crippen molar-refractivity contribution in [1.29, 1.82) is 0 Å². The van der Waals surface area contributed by atoms with Crippen LogP contribution < -0.4 is 16.2 Å². The first kappa shape index (κ1) is 31.2. The lowest BCUT2D eigenvalue weighted by Crippen LogP contribution is -2.07. The zero-order chi connectivity index (χ0) is 31.4. The molecule has 0 aliphatic heterocycles. The van der Waals surface area contributed by atoms with E-state index in [4.69, 9.17) is 0 Å². The molecule has 3 aromatic carbocycles. The highest BCUT2D eigenvalue weighted by Gasteiger charge is 2.12. The Bertz CT molecular complexity index is 1820. The van der Waals surface area contributed by atoms with Gasteiger partial charge in [-0.25, -0.2) is 25.6 Å². The third-order valence-corrected chi connectivity index (χ3v) is 8.26. The third-order valence-electron chi connectivity index (χ3n) is 6.00. The van der Waals surface area contributed by atoms with Crippen LogP contribution in [0.15, 0.2) is 92.8 Å². The van der Waals surface area contributed by atoms with Crippen LogP contribution in [0.2, 0.25) is 0 Å². The number of benzene rings is 3. The largest absolute Gasteiger partial charge is 0.321 e. The molecule has 0 aliphatic carbocycles. The van der Waals surface area contributed by atoms with Crippen molar-refractivity contribution in [1.82, 2.24) is 9.97 Å². The van der Waals surface area contributed by atoms with E-state index in [9.17, 15) is 25.6 Å². The van der Waals surface area contributed by atoms with Gasteiger partial charge in [0.05, 0.1) is 26.9 Å². The summed E-state index contributed by atoms with van der Waals surface area (Å²) < 4.78 is 75.1. The summed E-state index contributed by atoms with van der Waals surface area (Å²) in [6.45, 7) is 3.40. The maximum absolute atomic E-state index is 14.3. The lowest BCUT2D eigenvalue weighted by molar-refractivity contribution is 0.511. The van der Waals surface area contributed by atoms with Gasteiger partial charge in [0, 0.05) is 18.6 Å². The molecule has 0 radical (unpaired) electrons. The molecule has 0 fully saturated rings. The molecule has 11 nitrogen and oxygen atoms in total. The first-order valence-electron chi connectivity index (χ1n) is 12.5. The van der Waals surface area contributed by atoms with Crippen LogP contribution in [0.5, 0.6) is 0 Å². The molecule has 0 bridgehead atoms. The summed E-state index contributed by atoms with van der Waals surface area (Å²) >= 11 is 0.